The highest BCUT2D eigenvalue weighted by Crippen LogP contribution is 1.81. The summed E-state index contributed by atoms with van der Waals surface area (Å²) in [5.41, 5.74) is 0.000556. The van der Waals surface area contributed by atoms with Crippen LogP contribution in [-0.4, -0.2) is 4.57 Å². The highest BCUT2D eigenvalue weighted by molar-refractivity contribution is 5.21. The molecule has 10 heavy (non-hydrogen) atoms. The molecule has 0 radical (unpaired) electrons. The number of hydrogen-bond donors (Lipinski definition) is 0. The fourth-order valence-corrected chi connectivity index (χ4v) is 0.724. The number of pyridine rings is 1. The van der Waals surface area contributed by atoms with Gasteiger partial charge < -0.3 is 0 Å². The molecule has 2 heteroatoms. The van der Waals surface area contributed by atoms with E-state index in [4.69, 9.17) is 0 Å². The van der Waals surface area contributed by atoms with E-state index in [-0.39, 0.29) is 5.56 Å². The average molecular weight is 135 g/mol. The molecule has 1 aromatic rings. The first-order chi connectivity index (χ1) is 4.84. The van der Waals surface area contributed by atoms with Crippen molar-refractivity contribution in [3.63, 3.8) is 0 Å². The molecular formula is C8H9NO. The van der Waals surface area contributed by atoms with Crippen LogP contribution in [0, 0.1) is 0 Å². The average Bonchev–Trinajstić information content (AvgIpc) is 1.94. The van der Waals surface area contributed by atoms with Crippen molar-refractivity contribution < 1.29 is 0 Å². The van der Waals surface area contributed by atoms with Gasteiger partial charge in [0.1, 0.15) is 0 Å². The lowest BCUT2D eigenvalue weighted by atomic mass is 10.5. The molecule has 0 aromatic carbocycles. The Bertz CT molecular complexity index is 285. The van der Waals surface area contributed by atoms with Gasteiger partial charge in [0.05, 0.1) is 0 Å². The van der Waals surface area contributed by atoms with Gasteiger partial charge in [0.15, 0.2) is 0 Å². The van der Waals surface area contributed by atoms with Crippen molar-refractivity contribution in [3.8, 4) is 0 Å². The van der Waals surface area contributed by atoms with Crippen LogP contribution in [-0.2, 0) is 0 Å². The Hall–Kier alpha value is -1.31. The summed E-state index contributed by atoms with van der Waals surface area (Å²) in [5, 5.41) is 0. The van der Waals surface area contributed by atoms with Crippen LogP contribution in [0.15, 0.2) is 35.3 Å². The third kappa shape index (κ3) is 1.35. The molecule has 1 rings (SSSR count). The second-order valence-electron chi connectivity index (χ2n) is 1.93. The van der Waals surface area contributed by atoms with E-state index in [1.807, 2.05) is 19.1 Å². The molecule has 0 saturated heterocycles. The van der Waals surface area contributed by atoms with Crippen LogP contribution >= 0.6 is 0 Å². The first kappa shape index (κ1) is 6.81. The summed E-state index contributed by atoms with van der Waals surface area (Å²) >= 11 is 0. The predicted molar refractivity (Wildman–Crippen MR) is 41.7 cm³/mol. The number of rotatable bonds is 1. The molecule has 0 aliphatic rings. The van der Waals surface area contributed by atoms with Gasteiger partial charge >= 0.3 is 0 Å². The number of hydrogen-bond acceptors (Lipinski definition) is 1. The molecule has 0 N–H and O–H groups in total. The second-order valence-corrected chi connectivity index (χ2v) is 1.93. The minimum atomic E-state index is 0.000556. The Labute approximate surface area is 59.4 Å². The molecule has 0 spiro atoms. The number of aromatic nitrogens is 1. The lowest BCUT2D eigenvalue weighted by Crippen LogP contribution is -2.11. The SMILES string of the molecule is C/C=C/n1ccccc1=O. The molecule has 0 aliphatic heterocycles. The highest BCUT2D eigenvalue weighted by Gasteiger charge is 1.83. The Balaban J connectivity index is 3.16. The van der Waals surface area contributed by atoms with Gasteiger partial charge in [0.2, 0.25) is 0 Å². The third-order valence-electron chi connectivity index (χ3n) is 1.16. The Kier molecular flexibility index (Phi) is 2.05. The normalized spacial score (nSPS) is 10.5. The summed E-state index contributed by atoms with van der Waals surface area (Å²) in [6.07, 6.45) is 5.27. The van der Waals surface area contributed by atoms with Crippen LogP contribution in [0.4, 0.5) is 0 Å². The third-order valence-corrected chi connectivity index (χ3v) is 1.16. The maximum absolute atomic E-state index is 10.9. The fraction of sp³-hybridized carbons (Fsp3) is 0.125. The van der Waals surface area contributed by atoms with Crippen LogP contribution in [0.5, 0.6) is 0 Å². The van der Waals surface area contributed by atoms with Crippen LogP contribution in [0.3, 0.4) is 0 Å². The zero-order valence-corrected chi connectivity index (χ0v) is 5.82. The summed E-state index contributed by atoms with van der Waals surface area (Å²) in [6, 6.07) is 5.07. The van der Waals surface area contributed by atoms with Crippen LogP contribution in [0.25, 0.3) is 6.20 Å². The summed E-state index contributed by atoms with van der Waals surface area (Å²) < 4.78 is 1.53. The fourth-order valence-electron chi connectivity index (χ4n) is 0.724. The van der Waals surface area contributed by atoms with Crippen LogP contribution in [0.1, 0.15) is 6.92 Å². The highest BCUT2D eigenvalue weighted by atomic mass is 16.1. The molecule has 0 amide bonds. The smallest absolute Gasteiger partial charge is 0.254 e. The summed E-state index contributed by atoms with van der Waals surface area (Å²) in [6.45, 7) is 1.87. The summed E-state index contributed by atoms with van der Waals surface area (Å²) in [7, 11) is 0. The van der Waals surface area contributed by atoms with Crippen molar-refractivity contribution in [1.29, 1.82) is 0 Å². The molecule has 52 valence electrons. The van der Waals surface area contributed by atoms with E-state index >= 15 is 0 Å². The molecule has 0 bridgehead atoms. The lowest BCUT2D eigenvalue weighted by molar-refractivity contribution is 1.06. The van der Waals surface area contributed by atoms with Gasteiger partial charge in [-0.2, -0.15) is 0 Å². The molecular weight excluding hydrogens is 126 g/mol. The predicted octanol–water partition coefficient (Wildman–Crippen LogP) is 1.34. The molecule has 0 saturated carbocycles. The van der Waals surface area contributed by atoms with Gasteiger partial charge in [-0.3, -0.25) is 9.36 Å². The molecule has 0 atom stereocenters. The molecule has 1 aromatic heterocycles. The van der Waals surface area contributed by atoms with Gasteiger partial charge in [0, 0.05) is 18.5 Å². The van der Waals surface area contributed by atoms with Crippen molar-refractivity contribution in [1.82, 2.24) is 4.57 Å². The molecule has 0 unspecified atom stereocenters. The lowest BCUT2D eigenvalue weighted by Gasteiger charge is -1.92. The largest absolute Gasteiger partial charge is 0.291 e. The van der Waals surface area contributed by atoms with Crippen LogP contribution in [0.2, 0.25) is 0 Å². The van der Waals surface area contributed by atoms with E-state index in [2.05, 4.69) is 0 Å². The van der Waals surface area contributed by atoms with Gasteiger partial charge in [-0.1, -0.05) is 12.1 Å². The van der Waals surface area contributed by atoms with E-state index in [1.54, 1.807) is 18.5 Å². The minimum Gasteiger partial charge on any atom is -0.291 e. The maximum atomic E-state index is 10.9. The van der Waals surface area contributed by atoms with Crippen molar-refractivity contribution in [2.45, 2.75) is 6.92 Å². The van der Waals surface area contributed by atoms with Crippen molar-refractivity contribution in [3.05, 3.63) is 40.8 Å². The number of nitrogens with zero attached hydrogens (tertiary/aromatic N) is 1. The second kappa shape index (κ2) is 3.01. The Morgan fingerprint density at radius 2 is 2.30 bits per heavy atom. The van der Waals surface area contributed by atoms with Crippen molar-refractivity contribution in [2.24, 2.45) is 0 Å². The van der Waals surface area contributed by atoms with E-state index in [0.717, 1.165) is 0 Å². The zero-order valence-electron chi connectivity index (χ0n) is 5.82. The first-order valence-electron chi connectivity index (χ1n) is 3.14. The van der Waals surface area contributed by atoms with Gasteiger partial charge in [-0.15, -0.1) is 0 Å². The molecule has 0 fully saturated rings. The van der Waals surface area contributed by atoms with E-state index in [1.165, 1.54) is 10.6 Å². The Morgan fingerprint density at radius 3 is 2.90 bits per heavy atom. The van der Waals surface area contributed by atoms with Crippen LogP contribution < -0.4 is 5.56 Å². The monoisotopic (exact) mass is 135 g/mol. The quantitative estimate of drug-likeness (QED) is 0.569. The molecule has 1 heterocycles. The zero-order chi connectivity index (χ0) is 7.40. The van der Waals surface area contributed by atoms with Gasteiger partial charge in [-0.25, -0.2) is 0 Å². The van der Waals surface area contributed by atoms with Gasteiger partial charge in [0.25, 0.3) is 5.56 Å². The first-order valence-corrected chi connectivity index (χ1v) is 3.14. The summed E-state index contributed by atoms with van der Waals surface area (Å²) in [4.78, 5) is 10.9. The van der Waals surface area contributed by atoms with E-state index in [0.29, 0.717) is 0 Å². The topological polar surface area (TPSA) is 22.0 Å². The van der Waals surface area contributed by atoms with Crippen molar-refractivity contribution >= 4 is 6.20 Å². The minimum absolute atomic E-state index is 0.000556. The number of allylic oxidation sites excluding steroid dienone is 1. The van der Waals surface area contributed by atoms with Gasteiger partial charge in [-0.05, 0) is 13.0 Å². The molecule has 2 nitrogen and oxygen atoms in total. The van der Waals surface area contributed by atoms with E-state index in [9.17, 15) is 4.79 Å². The van der Waals surface area contributed by atoms with E-state index < -0.39 is 0 Å². The standard InChI is InChI=1S/C8H9NO/c1-2-6-9-7-4-3-5-8(9)10/h2-7H,1H3/b6-2+. The summed E-state index contributed by atoms with van der Waals surface area (Å²) in [5.74, 6) is 0. The molecule has 0 aliphatic carbocycles. The Morgan fingerprint density at radius 1 is 1.50 bits per heavy atom. The maximum Gasteiger partial charge on any atom is 0.254 e. The van der Waals surface area contributed by atoms with Crippen molar-refractivity contribution in [2.75, 3.05) is 0 Å².